The lowest BCUT2D eigenvalue weighted by Gasteiger charge is -2.09. The summed E-state index contributed by atoms with van der Waals surface area (Å²) in [6.07, 6.45) is 2.58. The van der Waals surface area contributed by atoms with Crippen LogP contribution < -0.4 is 20.5 Å². The molecule has 0 saturated carbocycles. The molecule has 2 aromatic rings. The minimum Gasteiger partial charge on any atom is -0.493 e. The molecule has 24 heavy (non-hydrogen) atoms. The second-order valence-electron chi connectivity index (χ2n) is 4.89. The quantitative estimate of drug-likeness (QED) is 0.391. The number of nitrogens with two attached hydrogens (primary N) is 1. The largest absolute Gasteiger partial charge is 0.493 e. The van der Waals surface area contributed by atoms with Gasteiger partial charge in [-0.05, 0) is 29.8 Å². The Balaban J connectivity index is 0.00000288. The Labute approximate surface area is 159 Å². The van der Waals surface area contributed by atoms with Crippen LogP contribution in [0, 0.1) is 0 Å². The highest BCUT2D eigenvalue weighted by Gasteiger charge is 2.04. The van der Waals surface area contributed by atoms with E-state index in [0.29, 0.717) is 30.5 Å². The molecule has 7 heteroatoms. The average Bonchev–Trinajstić information content (AvgIpc) is 2.60. The number of aromatic nitrogens is 1. The molecule has 0 amide bonds. The lowest BCUT2D eigenvalue weighted by Crippen LogP contribution is -2.33. The van der Waals surface area contributed by atoms with Crippen LogP contribution in [-0.4, -0.2) is 31.7 Å². The summed E-state index contributed by atoms with van der Waals surface area (Å²) in [6, 6.07) is 11.5. The molecule has 1 aromatic heterocycles. The maximum Gasteiger partial charge on any atom is 0.188 e. The Morgan fingerprint density at radius 1 is 1.17 bits per heavy atom. The van der Waals surface area contributed by atoms with E-state index in [1.165, 1.54) is 0 Å². The molecular formula is C17H23IN4O2. The number of benzene rings is 1. The second kappa shape index (κ2) is 10.7. The van der Waals surface area contributed by atoms with Crippen LogP contribution in [0.3, 0.4) is 0 Å². The number of ether oxygens (including phenoxy) is 2. The van der Waals surface area contributed by atoms with Gasteiger partial charge in [-0.3, -0.25) is 4.98 Å². The van der Waals surface area contributed by atoms with Crippen molar-refractivity contribution in [2.75, 3.05) is 20.8 Å². The highest BCUT2D eigenvalue weighted by atomic mass is 127. The smallest absolute Gasteiger partial charge is 0.188 e. The Hall–Kier alpha value is -2.03. The van der Waals surface area contributed by atoms with Crippen molar-refractivity contribution in [2.45, 2.75) is 13.0 Å². The first kappa shape index (κ1) is 20.0. The maximum atomic E-state index is 5.87. The van der Waals surface area contributed by atoms with Gasteiger partial charge in [0.1, 0.15) is 0 Å². The van der Waals surface area contributed by atoms with Crippen molar-refractivity contribution in [3.05, 3.63) is 53.9 Å². The molecule has 1 heterocycles. The number of hydrogen-bond acceptors (Lipinski definition) is 4. The van der Waals surface area contributed by atoms with Crippen LogP contribution in [0.2, 0.25) is 0 Å². The first-order valence-corrected chi connectivity index (χ1v) is 7.37. The third-order valence-corrected chi connectivity index (χ3v) is 3.29. The molecule has 0 atom stereocenters. The first-order chi connectivity index (χ1) is 11.2. The van der Waals surface area contributed by atoms with Crippen molar-refractivity contribution in [3.8, 4) is 11.5 Å². The number of nitrogens with one attached hydrogen (secondary N) is 1. The zero-order valence-electron chi connectivity index (χ0n) is 13.9. The van der Waals surface area contributed by atoms with Gasteiger partial charge in [0.25, 0.3) is 0 Å². The Morgan fingerprint density at radius 3 is 2.62 bits per heavy atom. The van der Waals surface area contributed by atoms with Crippen molar-refractivity contribution in [2.24, 2.45) is 10.7 Å². The molecule has 1 aromatic carbocycles. The summed E-state index contributed by atoms with van der Waals surface area (Å²) < 4.78 is 10.5. The van der Waals surface area contributed by atoms with Gasteiger partial charge >= 0.3 is 0 Å². The van der Waals surface area contributed by atoms with Gasteiger partial charge in [-0.15, -0.1) is 24.0 Å². The topological polar surface area (TPSA) is 81.8 Å². The number of rotatable bonds is 7. The molecule has 130 valence electrons. The molecule has 0 unspecified atom stereocenters. The highest BCUT2D eigenvalue weighted by Crippen LogP contribution is 2.27. The van der Waals surface area contributed by atoms with E-state index in [9.17, 15) is 0 Å². The lowest BCUT2D eigenvalue weighted by atomic mass is 10.2. The van der Waals surface area contributed by atoms with Gasteiger partial charge in [-0.2, -0.15) is 0 Å². The fourth-order valence-electron chi connectivity index (χ4n) is 2.08. The van der Waals surface area contributed by atoms with E-state index in [0.717, 1.165) is 17.7 Å². The fraction of sp³-hybridized carbons (Fsp3) is 0.294. The molecule has 0 saturated heterocycles. The molecule has 0 aliphatic heterocycles. The summed E-state index contributed by atoms with van der Waals surface area (Å²) in [4.78, 5) is 8.58. The Bertz CT molecular complexity index is 650. The van der Waals surface area contributed by atoms with Crippen molar-refractivity contribution in [1.29, 1.82) is 0 Å². The Morgan fingerprint density at radius 2 is 1.96 bits per heavy atom. The minimum absolute atomic E-state index is 0. The predicted molar refractivity (Wildman–Crippen MR) is 106 cm³/mol. The third kappa shape index (κ3) is 6.23. The SMILES string of the molecule is COc1ccc(CN=C(N)NCCc2ccccn2)cc1OC.I. The highest BCUT2D eigenvalue weighted by molar-refractivity contribution is 14.0. The van der Waals surface area contributed by atoms with Gasteiger partial charge in [-0.25, -0.2) is 4.99 Å². The zero-order valence-corrected chi connectivity index (χ0v) is 16.2. The minimum atomic E-state index is 0. The summed E-state index contributed by atoms with van der Waals surface area (Å²) in [6.45, 7) is 1.17. The summed E-state index contributed by atoms with van der Waals surface area (Å²) in [7, 11) is 3.22. The van der Waals surface area contributed by atoms with Gasteiger partial charge in [-0.1, -0.05) is 12.1 Å². The molecule has 0 fully saturated rings. The van der Waals surface area contributed by atoms with Crippen LogP contribution in [0.1, 0.15) is 11.3 Å². The van der Waals surface area contributed by atoms with Crippen LogP contribution >= 0.6 is 24.0 Å². The molecule has 0 spiro atoms. The van der Waals surface area contributed by atoms with E-state index in [1.54, 1.807) is 20.4 Å². The monoisotopic (exact) mass is 442 g/mol. The normalized spacial score (nSPS) is 10.7. The summed E-state index contributed by atoms with van der Waals surface area (Å²) in [5, 5.41) is 3.08. The van der Waals surface area contributed by atoms with Gasteiger partial charge in [0, 0.05) is 24.9 Å². The van der Waals surface area contributed by atoms with Crippen LogP contribution in [0.4, 0.5) is 0 Å². The standard InChI is InChI=1S/C17H22N4O2.HI/c1-22-15-7-6-13(11-16(15)23-2)12-21-17(18)20-10-8-14-5-3-4-9-19-14;/h3-7,9,11H,8,10,12H2,1-2H3,(H3,18,20,21);1H. The van der Waals surface area contributed by atoms with Gasteiger partial charge in [0.15, 0.2) is 17.5 Å². The molecule has 2 rings (SSSR count). The van der Waals surface area contributed by atoms with E-state index in [-0.39, 0.29) is 24.0 Å². The molecule has 0 aliphatic carbocycles. The van der Waals surface area contributed by atoms with Crippen LogP contribution in [0.25, 0.3) is 0 Å². The predicted octanol–water partition coefficient (Wildman–Crippen LogP) is 2.36. The van der Waals surface area contributed by atoms with E-state index < -0.39 is 0 Å². The number of halogens is 1. The number of methoxy groups -OCH3 is 2. The molecule has 0 radical (unpaired) electrons. The average molecular weight is 442 g/mol. The maximum absolute atomic E-state index is 5.87. The van der Waals surface area contributed by atoms with Crippen molar-refractivity contribution in [3.63, 3.8) is 0 Å². The molecule has 0 aliphatic rings. The van der Waals surface area contributed by atoms with Crippen molar-refractivity contribution in [1.82, 2.24) is 10.3 Å². The van der Waals surface area contributed by atoms with E-state index in [4.69, 9.17) is 15.2 Å². The summed E-state index contributed by atoms with van der Waals surface area (Å²) in [5.74, 6) is 1.79. The van der Waals surface area contributed by atoms with Crippen molar-refractivity contribution < 1.29 is 9.47 Å². The number of guanidine groups is 1. The van der Waals surface area contributed by atoms with Crippen molar-refractivity contribution >= 4 is 29.9 Å². The Kier molecular flexibility index (Phi) is 8.92. The zero-order chi connectivity index (χ0) is 16.5. The van der Waals surface area contributed by atoms with Crippen LogP contribution in [-0.2, 0) is 13.0 Å². The lowest BCUT2D eigenvalue weighted by molar-refractivity contribution is 0.354. The number of nitrogens with zero attached hydrogens (tertiary/aromatic N) is 2. The van der Waals surface area contributed by atoms with E-state index >= 15 is 0 Å². The summed E-state index contributed by atoms with van der Waals surface area (Å²) >= 11 is 0. The number of pyridine rings is 1. The van der Waals surface area contributed by atoms with E-state index in [1.807, 2.05) is 36.4 Å². The first-order valence-electron chi connectivity index (χ1n) is 7.37. The third-order valence-electron chi connectivity index (χ3n) is 3.29. The van der Waals surface area contributed by atoms with Crippen LogP contribution in [0.5, 0.6) is 11.5 Å². The van der Waals surface area contributed by atoms with Crippen LogP contribution in [0.15, 0.2) is 47.6 Å². The summed E-state index contributed by atoms with van der Waals surface area (Å²) in [5.41, 5.74) is 7.89. The number of aliphatic imine (C=N–C) groups is 1. The van der Waals surface area contributed by atoms with Gasteiger partial charge < -0.3 is 20.5 Å². The number of hydrogen-bond donors (Lipinski definition) is 2. The molecule has 3 N–H and O–H groups in total. The van der Waals surface area contributed by atoms with Gasteiger partial charge in [0.05, 0.1) is 20.8 Å². The van der Waals surface area contributed by atoms with Gasteiger partial charge in [0.2, 0.25) is 0 Å². The molecule has 6 nitrogen and oxygen atoms in total. The molecule has 0 bridgehead atoms. The molecular weight excluding hydrogens is 419 g/mol. The van der Waals surface area contributed by atoms with E-state index in [2.05, 4.69) is 15.3 Å². The fourth-order valence-corrected chi connectivity index (χ4v) is 2.08. The second-order valence-corrected chi connectivity index (χ2v) is 4.89.